The van der Waals surface area contributed by atoms with Crippen LogP contribution >= 0.6 is 23.5 Å². The second-order valence-corrected chi connectivity index (χ2v) is 30.9. The molecular weight excluding hydrogens is 1160 g/mol. The van der Waals surface area contributed by atoms with Crippen LogP contribution in [-0.2, 0) is 60.6 Å². The molecule has 0 bridgehead atoms. The van der Waals surface area contributed by atoms with Crippen LogP contribution < -0.4 is 21.3 Å². The van der Waals surface area contributed by atoms with Gasteiger partial charge in [0.2, 0.25) is 35.4 Å². The predicted molar refractivity (Wildman–Crippen MR) is 340 cm³/mol. The molecule has 0 spiro atoms. The van der Waals surface area contributed by atoms with Crippen molar-refractivity contribution in [3.8, 4) is 0 Å². The number of carbonyl (C=O) groups is 8. The second kappa shape index (κ2) is 28.3. The van der Waals surface area contributed by atoms with E-state index in [0.29, 0.717) is 63.2 Å². The van der Waals surface area contributed by atoms with Crippen molar-refractivity contribution in [3.05, 3.63) is 70.8 Å². The number of nitrogens with zero attached hydrogens (tertiary/aromatic N) is 4. The summed E-state index contributed by atoms with van der Waals surface area (Å²) >= 11 is 3.26. The van der Waals surface area contributed by atoms with Crippen LogP contribution in [0.3, 0.4) is 0 Å². The largest absolute Gasteiger partial charge is 0.444 e. The van der Waals surface area contributed by atoms with Gasteiger partial charge in [-0.15, -0.1) is 23.5 Å². The second-order valence-electron chi connectivity index (χ2n) is 28.3. The molecule has 4 saturated heterocycles. The summed E-state index contributed by atoms with van der Waals surface area (Å²) in [6, 6.07) is 10.2. The van der Waals surface area contributed by atoms with E-state index in [1.54, 1.807) is 88.7 Å². The van der Waals surface area contributed by atoms with Gasteiger partial charge in [0.15, 0.2) is 0 Å². The monoisotopic (exact) mass is 1260 g/mol. The first-order valence-electron chi connectivity index (χ1n) is 31.8. The van der Waals surface area contributed by atoms with E-state index in [1.807, 2.05) is 64.1 Å². The van der Waals surface area contributed by atoms with E-state index in [4.69, 9.17) is 18.9 Å². The van der Waals surface area contributed by atoms with Crippen molar-refractivity contribution in [2.24, 2.45) is 10.8 Å². The number of carbonyl (C=O) groups excluding carboxylic acids is 8. The normalized spacial score (nSPS) is 26.9. The van der Waals surface area contributed by atoms with Gasteiger partial charge in [-0.3, -0.25) is 38.6 Å². The first-order chi connectivity index (χ1) is 41.4. The molecule has 4 heterocycles. The van der Waals surface area contributed by atoms with Crippen molar-refractivity contribution in [1.29, 1.82) is 0 Å². The molecule has 4 fully saturated rings. The minimum atomic E-state index is -0.905. The molecule has 2 aromatic rings. The molecule has 22 heteroatoms. The molecule has 20 nitrogen and oxygen atoms in total. The maximum Gasteiger partial charge on any atom is 0.410 e. The molecule has 486 valence electrons. The fourth-order valence-corrected chi connectivity index (χ4v) is 16.4. The molecule has 0 unspecified atom stereocenters. The Hall–Kier alpha value is -5.58. The molecule has 88 heavy (non-hydrogen) atoms. The molecule has 0 saturated carbocycles. The number of ether oxygens (including phenoxy) is 4. The SMILES string of the molecule is C[C@@H](C(=O)N[C@H]1CCS[C@H]2CC(C)(C)[C@@H](C(=O)N[C@H]3c4ccccc4C[C@H]3OCCCCCCCCO[C@@H]3Cc4ccccc4[C@@H]3NC(=O)[C@H]3N4C(=O)[C@@H](NC(=O)[C@H](C)N(C)C(=O)OC(C)(C)C)CCS[C@H]4CC3(C)C)N2C1=O)N(C)C(=O)OC(C)(C)C. The van der Waals surface area contributed by atoms with Crippen molar-refractivity contribution in [1.82, 2.24) is 40.9 Å². The number of nitrogens with one attached hydrogen (secondary N) is 4. The van der Waals surface area contributed by atoms with E-state index in [9.17, 15) is 38.4 Å². The molecule has 2 aromatic carbocycles. The Morgan fingerprint density at radius 1 is 0.568 bits per heavy atom. The first-order valence-corrected chi connectivity index (χ1v) is 33.9. The number of unbranched alkanes of at least 4 members (excludes halogenated alkanes) is 5. The number of hydrogen-bond acceptors (Lipinski definition) is 14. The molecule has 0 aromatic heterocycles. The van der Waals surface area contributed by atoms with Gasteiger partial charge in [-0.05, 0) is 139 Å². The lowest BCUT2D eigenvalue weighted by Crippen LogP contribution is -2.58. The third-order valence-electron chi connectivity index (χ3n) is 18.2. The number of hydrogen-bond donors (Lipinski definition) is 4. The predicted octanol–water partition coefficient (Wildman–Crippen LogP) is 8.59. The van der Waals surface area contributed by atoms with Gasteiger partial charge < -0.3 is 50.0 Å². The number of likely N-dealkylation sites (N-methyl/N-ethyl adjacent to an activating group) is 2. The minimum absolute atomic E-state index is 0.244. The van der Waals surface area contributed by atoms with Crippen LogP contribution in [0.1, 0.15) is 182 Å². The Kier molecular flexibility index (Phi) is 22.0. The first kappa shape index (κ1) is 68.3. The van der Waals surface area contributed by atoms with Gasteiger partial charge in [-0.1, -0.05) is 102 Å². The van der Waals surface area contributed by atoms with E-state index < -0.39 is 94.4 Å². The van der Waals surface area contributed by atoms with Crippen LogP contribution in [0.15, 0.2) is 48.5 Å². The Labute approximate surface area is 529 Å². The lowest BCUT2D eigenvalue weighted by Gasteiger charge is -2.35. The number of thioether (sulfide) groups is 2. The standard InChI is InChI=1S/C66H98N8O12S2/c1-39(71(13)61(81)85-63(3,4)5)55(75)67-45-29-33-87-49-37-65(9,10)53(73(49)59(45)79)57(77)69-51-43-27-21-19-25-41(43)35-47(51)83-31-23-17-15-16-18-24-32-84-48-36-42-26-20-22-28-44(42)52(48)70-58(78)54-66(11,12)38-50-74(54)60(80)46(30-34-88-50)68-56(76)40(2)72(14)62(82)86-64(6,7)8/h19-22,25-28,39-40,45-54H,15-18,23-24,29-38H2,1-14H3,(H,67,75)(H,68,76)(H,69,77)(H,70,78)/t39-,40-,45-,46-,47+,48+,49-,50-,51-,52-,53+,54+/m0/s1. The van der Waals surface area contributed by atoms with E-state index in [-0.39, 0.29) is 46.6 Å². The highest BCUT2D eigenvalue weighted by molar-refractivity contribution is 8.00. The van der Waals surface area contributed by atoms with Gasteiger partial charge in [0.25, 0.3) is 0 Å². The lowest BCUT2D eigenvalue weighted by molar-refractivity contribution is -0.144. The molecule has 4 N–H and O–H groups in total. The summed E-state index contributed by atoms with van der Waals surface area (Å²) in [6.45, 7) is 22.9. The minimum Gasteiger partial charge on any atom is -0.444 e. The van der Waals surface area contributed by atoms with Crippen molar-refractivity contribution in [2.45, 2.75) is 243 Å². The molecular formula is C66H98N8O12S2. The van der Waals surface area contributed by atoms with E-state index in [1.165, 1.54) is 23.9 Å². The van der Waals surface area contributed by atoms with Gasteiger partial charge in [0, 0.05) is 40.2 Å². The number of fused-ring (bicyclic) bond motifs is 4. The van der Waals surface area contributed by atoms with Crippen LogP contribution in [0.2, 0.25) is 0 Å². The van der Waals surface area contributed by atoms with E-state index in [2.05, 4.69) is 33.4 Å². The van der Waals surface area contributed by atoms with E-state index >= 15 is 0 Å². The third-order valence-corrected chi connectivity index (χ3v) is 20.7. The summed E-state index contributed by atoms with van der Waals surface area (Å²) in [7, 11) is 2.99. The summed E-state index contributed by atoms with van der Waals surface area (Å²) in [5, 5.41) is 12.1. The topological polar surface area (TPSA) is 235 Å². The Balaban J connectivity index is 0.799. The van der Waals surface area contributed by atoms with Crippen molar-refractivity contribution >= 4 is 71.2 Å². The zero-order valence-corrected chi connectivity index (χ0v) is 56.0. The number of amides is 8. The Bertz CT molecular complexity index is 2690. The summed E-state index contributed by atoms with van der Waals surface area (Å²) in [5.41, 5.74) is 1.62. The fraction of sp³-hybridized carbons (Fsp3) is 0.697. The van der Waals surface area contributed by atoms with Crippen molar-refractivity contribution < 1.29 is 57.3 Å². The van der Waals surface area contributed by atoms with Crippen LogP contribution in [0.5, 0.6) is 0 Å². The average molecular weight is 1260 g/mol. The zero-order valence-electron chi connectivity index (χ0n) is 54.4. The zero-order chi connectivity index (χ0) is 64.2. The quantitative estimate of drug-likeness (QED) is 0.0858. The molecule has 6 aliphatic rings. The number of rotatable bonds is 21. The van der Waals surface area contributed by atoms with Crippen molar-refractivity contribution in [3.63, 3.8) is 0 Å². The lowest BCUT2D eigenvalue weighted by atomic mass is 9.83. The molecule has 0 radical (unpaired) electrons. The van der Waals surface area contributed by atoms with Crippen LogP contribution in [-0.4, -0.2) is 176 Å². The molecule has 4 aliphatic heterocycles. The molecule has 12 atom stereocenters. The van der Waals surface area contributed by atoms with Crippen LogP contribution in [0.4, 0.5) is 9.59 Å². The smallest absolute Gasteiger partial charge is 0.410 e. The summed E-state index contributed by atoms with van der Waals surface area (Å²) in [4.78, 5) is 117. The maximum absolute atomic E-state index is 14.8. The number of benzene rings is 2. The van der Waals surface area contributed by atoms with Gasteiger partial charge in [-0.25, -0.2) is 9.59 Å². The average Bonchev–Trinajstić information content (AvgIpc) is 1.98. The molecule has 2 aliphatic carbocycles. The van der Waals surface area contributed by atoms with Crippen LogP contribution in [0, 0.1) is 10.8 Å². The van der Waals surface area contributed by atoms with Gasteiger partial charge >= 0.3 is 12.2 Å². The Morgan fingerprint density at radius 3 is 1.28 bits per heavy atom. The van der Waals surface area contributed by atoms with Gasteiger partial charge in [0.1, 0.15) is 47.5 Å². The highest BCUT2D eigenvalue weighted by Gasteiger charge is 2.57. The highest BCUT2D eigenvalue weighted by atomic mass is 32.2. The maximum atomic E-state index is 14.8. The van der Waals surface area contributed by atoms with Gasteiger partial charge in [0.05, 0.1) is 35.0 Å². The van der Waals surface area contributed by atoms with Crippen molar-refractivity contribution in [2.75, 3.05) is 38.8 Å². The van der Waals surface area contributed by atoms with Crippen LogP contribution in [0.25, 0.3) is 0 Å². The molecule has 8 rings (SSSR count). The fourth-order valence-electron chi connectivity index (χ4n) is 13.2. The molecule has 8 amide bonds. The van der Waals surface area contributed by atoms with Gasteiger partial charge in [-0.2, -0.15) is 0 Å². The van der Waals surface area contributed by atoms with E-state index in [0.717, 1.165) is 60.8 Å². The third kappa shape index (κ3) is 16.1. The Morgan fingerprint density at radius 2 is 0.920 bits per heavy atom. The summed E-state index contributed by atoms with van der Waals surface area (Å²) in [5.74, 6) is -0.859. The summed E-state index contributed by atoms with van der Waals surface area (Å²) < 4.78 is 24.2. The summed E-state index contributed by atoms with van der Waals surface area (Å²) in [6.07, 6.45) is 7.09. The highest BCUT2D eigenvalue weighted by Crippen LogP contribution is 2.49.